The number of ether oxygens (including phenoxy) is 1. The second-order valence-electron chi connectivity index (χ2n) is 4.62. The molecule has 0 aliphatic rings. The fraction of sp³-hybridized carbons (Fsp3) is 0.400. The SMILES string of the molecule is CCC(C)c1ccccc1OCc1cc(CN)no1. The molecule has 19 heavy (non-hydrogen) atoms. The maximum atomic E-state index is 5.83. The molecular weight excluding hydrogens is 240 g/mol. The van der Waals surface area contributed by atoms with Gasteiger partial charge < -0.3 is 15.0 Å². The molecule has 0 fully saturated rings. The lowest BCUT2D eigenvalue weighted by molar-refractivity contribution is 0.245. The molecule has 1 unspecified atom stereocenters. The summed E-state index contributed by atoms with van der Waals surface area (Å²) in [7, 11) is 0. The summed E-state index contributed by atoms with van der Waals surface area (Å²) in [6, 6.07) is 9.94. The van der Waals surface area contributed by atoms with Crippen LogP contribution >= 0.6 is 0 Å². The highest BCUT2D eigenvalue weighted by molar-refractivity contribution is 5.35. The van der Waals surface area contributed by atoms with E-state index in [0.29, 0.717) is 24.8 Å². The topological polar surface area (TPSA) is 61.3 Å². The molecule has 102 valence electrons. The van der Waals surface area contributed by atoms with Crippen LogP contribution in [0, 0.1) is 0 Å². The molecule has 2 rings (SSSR count). The van der Waals surface area contributed by atoms with Gasteiger partial charge in [-0.1, -0.05) is 37.2 Å². The lowest BCUT2D eigenvalue weighted by Gasteiger charge is -2.14. The fourth-order valence-electron chi connectivity index (χ4n) is 1.91. The van der Waals surface area contributed by atoms with E-state index in [1.54, 1.807) is 0 Å². The quantitative estimate of drug-likeness (QED) is 0.866. The number of aromatic nitrogens is 1. The van der Waals surface area contributed by atoms with E-state index in [1.165, 1.54) is 5.56 Å². The lowest BCUT2D eigenvalue weighted by Crippen LogP contribution is -2.00. The zero-order chi connectivity index (χ0) is 13.7. The smallest absolute Gasteiger partial charge is 0.174 e. The van der Waals surface area contributed by atoms with E-state index in [-0.39, 0.29) is 0 Å². The molecule has 0 bridgehead atoms. The van der Waals surface area contributed by atoms with E-state index >= 15 is 0 Å². The first-order chi connectivity index (χ1) is 9.24. The van der Waals surface area contributed by atoms with E-state index < -0.39 is 0 Å². The second kappa shape index (κ2) is 6.38. The minimum Gasteiger partial charge on any atom is -0.485 e. The van der Waals surface area contributed by atoms with Crippen molar-refractivity contribution in [2.24, 2.45) is 5.73 Å². The molecule has 0 radical (unpaired) electrons. The van der Waals surface area contributed by atoms with E-state index in [4.69, 9.17) is 15.0 Å². The lowest BCUT2D eigenvalue weighted by atomic mass is 9.98. The third-order valence-electron chi connectivity index (χ3n) is 3.25. The Labute approximate surface area is 113 Å². The molecule has 0 aliphatic carbocycles. The average molecular weight is 260 g/mol. The largest absolute Gasteiger partial charge is 0.485 e. The van der Waals surface area contributed by atoms with E-state index in [0.717, 1.165) is 17.9 Å². The zero-order valence-electron chi connectivity index (χ0n) is 11.4. The van der Waals surface area contributed by atoms with Crippen molar-refractivity contribution < 1.29 is 9.26 Å². The van der Waals surface area contributed by atoms with Gasteiger partial charge in [0, 0.05) is 12.6 Å². The first-order valence-electron chi connectivity index (χ1n) is 6.60. The van der Waals surface area contributed by atoms with E-state index in [2.05, 4.69) is 25.1 Å². The van der Waals surface area contributed by atoms with Crippen LogP contribution in [0.3, 0.4) is 0 Å². The Balaban J connectivity index is 2.06. The van der Waals surface area contributed by atoms with Gasteiger partial charge in [-0.05, 0) is 24.0 Å². The molecule has 0 saturated carbocycles. The van der Waals surface area contributed by atoms with Crippen LogP contribution in [-0.2, 0) is 13.2 Å². The second-order valence-corrected chi connectivity index (χ2v) is 4.62. The molecule has 2 aromatic rings. The normalized spacial score (nSPS) is 12.4. The van der Waals surface area contributed by atoms with Gasteiger partial charge in [0.15, 0.2) is 5.76 Å². The van der Waals surface area contributed by atoms with Gasteiger partial charge in [0.1, 0.15) is 12.4 Å². The molecule has 1 aromatic carbocycles. The van der Waals surface area contributed by atoms with Crippen molar-refractivity contribution in [3.63, 3.8) is 0 Å². The molecule has 4 nitrogen and oxygen atoms in total. The van der Waals surface area contributed by atoms with Gasteiger partial charge in [0.25, 0.3) is 0 Å². The van der Waals surface area contributed by atoms with Crippen LogP contribution in [0.5, 0.6) is 5.75 Å². The Hall–Kier alpha value is -1.81. The molecule has 4 heteroatoms. The number of nitrogens with zero attached hydrogens (tertiary/aromatic N) is 1. The molecule has 0 spiro atoms. The minimum absolute atomic E-state index is 0.375. The van der Waals surface area contributed by atoms with Gasteiger partial charge in [-0.15, -0.1) is 0 Å². The predicted octanol–water partition coefficient (Wildman–Crippen LogP) is 3.23. The molecule has 1 atom stereocenters. The van der Waals surface area contributed by atoms with Crippen molar-refractivity contribution in [1.29, 1.82) is 0 Å². The van der Waals surface area contributed by atoms with E-state index in [1.807, 2.05) is 24.3 Å². The van der Waals surface area contributed by atoms with Crippen molar-refractivity contribution in [1.82, 2.24) is 5.16 Å². The monoisotopic (exact) mass is 260 g/mol. The average Bonchev–Trinajstić information content (AvgIpc) is 2.92. The summed E-state index contributed by atoms with van der Waals surface area (Å²) in [5.41, 5.74) is 7.46. The summed E-state index contributed by atoms with van der Waals surface area (Å²) in [6.45, 7) is 5.13. The molecular formula is C15H20N2O2. The Morgan fingerprint density at radius 3 is 2.84 bits per heavy atom. The molecule has 2 N–H and O–H groups in total. The number of benzene rings is 1. The summed E-state index contributed by atoms with van der Waals surface area (Å²) in [5.74, 6) is 2.08. The fourth-order valence-corrected chi connectivity index (χ4v) is 1.91. The van der Waals surface area contributed by atoms with Crippen LogP contribution in [-0.4, -0.2) is 5.16 Å². The Bertz CT molecular complexity index is 522. The van der Waals surface area contributed by atoms with Gasteiger partial charge in [-0.3, -0.25) is 0 Å². The predicted molar refractivity (Wildman–Crippen MR) is 73.9 cm³/mol. The Morgan fingerprint density at radius 2 is 2.16 bits per heavy atom. The first-order valence-corrected chi connectivity index (χ1v) is 6.60. The van der Waals surface area contributed by atoms with Gasteiger partial charge >= 0.3 is 0 Å². The Morgan fingerprint density at radius 1 is 1.37 bits per heavy atom. The van der Waals surface area contributed by atoms with Crippen molar-refractivity contribution in [2.75, 3.05) is 0 Å². The summed E-state index contributed by atoms with van der Waals surface area (Å²) in [6.07, 6.45) is 1.08. The van der Waals surface area contributed by atoms with Crippen molar-refractivity contribution in [3.8, 4) is 5.75 Å². The highest BCUT2D eigenvalue weighted by Gasteiger charge is 2.10. The summed E-state index contributed by atoms with van der Waals surface area (Å²) >= 11 is 0. The highest BCUT2D eigenvalue weighted by Crippen LogP contribution is 2.28. The van der Waals surface area contributed by atoms with E-state index in [9.17, 15) is 0 Å². The highest BCUT2D eigenvalue weighted by atomic mass is 16.5. The Kier molecular flexibility index (Phi) is 4.58. The zero-order valence-corrected chi connectivity index (χ0v) is 11.4. The van der Waals surface area contributed by atoms with Crippen molar-refractivity contribution >= 4 is 0 Å². The van der Waals surface area contributed by atoms with Gasteiger partial charge in [-0.25, -0.2) is 0 Å². The van der Waals surface area contributed by atoms with Crippen molar-refractivity contribution in [2.45, 2.75) is 39.3 Å². The number of rotatable bonds is 6. The minimum atomic E-state index is 0.375. The van der Waals surface area contributed by atoms with Gasteiger partial charge in [0.2, 0.25) is 0 Å². The van der Waals surface area contributed by atoms with Crippen LogP contribution in [0.15, 0.2) is 34.9 Å². The summed E-state index contributed by atoms with van der Waals surface area (Å²) < 4.78 is 11.0. The van der Waals surface area contributed by atoms with Crippen LogP contribution in [0.1, 0.15) is 43.2 Å². The third kappa shape index (κ3) is 3.35. The van der Waals surface area contributed by atoms with Gasteiger partial charge in [0.05, 0.1) is 5.69 Å². The number of para-hydroxylation sites is 1. The summed E-state index contributed by atoms with van der Waals surface area (Å²) in [5, 5.41) is 3.84. The number of hydrogen-bond acceptors (Lipinski definition) is 4. The molecule has 1 aromatic heterocycles. The van der Waals surface area contributed by atoms with Crippen LogP contribution in [0.25, 0.3) is 0 Å². The molecule has 0 saturated heterocycles. The van der Waals surface area contributed by atoms with Gasteiger partial charge in [-0.2, -0.15) is 0 Å². The van der Waals surface area contributed by atoms with Crippen LogP contribution < -0.4 is 10.5 Å². The molecule has 0 aliphatic heterocycles. The maximum Gasteiger partial charge on any atom is 0.174 e. The first kappa shape index (κ1) is 13.6. The molecule has 1 heterocycles. The molecule has 0 amide bonds. The van der Waals surface area contributed by atoms with Crippen molar-refractivity contribution in [3.05, 3.63) is 47.3 Å². The standard InChI is InChI=1S/C15H20N2O2/c1-3-11(2)14-6-4-5-7-15(14)18-10-13-8-12(9-16)17-19-13/h4-8,11H,3,9-10,16H2,1-2H3. The van der Waals surface area contributed by atoms with Crippen LogP contribution in [0.2, 0.25) is 0 Å². The maximum absolute atomic E-state index is 5.83. The number of nitrogens with two attached hydrogens (primary N) is 1. The number of hydrogen-bond donors (Lipinski definition) is 1. The van der Waals surface area contributed by atoms with Crippen LogP contribution in [0.4, 0.5) is 0 Å². The summed E-state index contributed by atoms with van der Waals surface area (Å²) in [4.78, 5) is 0. The third-order valence-corrected chi connectivity index (χ3v) is 3.25.